The zero-order valence-corrected chi connectivity index (χ0v) is 16.7. The van der Waals surface area contributed by atoms with E-state index in [4.69, 9.17) is 4.43 Å². The Labute approximate surface area is 142 Å². The van der Waals surface area contributed by atoms with E-state index in [0.29, 0.717) is 35.0 Å². The maximum Gasteiger partial charge on any atom is 0.200 e. The van der Waals surface area contributed by atoms with E-state index >= 15 is 0 Å². The number of rotatable bonds is 7. The molecule has 0 spiro atoms. The zero-order valence-electron chi connectivity index (χ0n) is 15.7. The van der Waals surface area contributed by atoms with Crippen LogP contribution in [0.2, 0.25) is 16.6 Å². The van der Waals surface area contributed by atoms with Gasteiger partial charge in [0.2, 0.25) is 8.32 Å². The van der Waals surface area contributed by atoms with Crippen molar-refractivity contribution in [3.63, 3.8) is 0 Å². The van der Waals surface area contributed by atoms with Gasteiger partial charge in [0.05, 0.1) is 17.8 Å². The molecule has 23 heavy (non-hydrogen) atoms. The molecule has 0 aromatic carbocycles. The number of aliphatic hydroxyl groups is 3. The van der Waals surface area contributed by atoms with Crippen molar-refractivity contribution >= 4 is 8.32 Å². The fourth-order valence-corrected chi connectivity index (χ4v) is 10.1. The lowest BCUT2D eigenvalue weighted by atomic mass is 9.76. The van der Waals surface area contributed by atoms with Gasteiger partial charge in [-0.3, -0.25) is 0 Å². The van der Waals surface area contributed by atoms with Gasteiger partial charge in [-0.05, 0) is 22.2 Å². The Morgan fingerprint density at radius 3 is 2.04 bits per heavy atom. The zero-order chi connectivity index (χ0) is 18.0. The van der Waals surface area contributed by atoms with Crippen LogP contribution in [0.15, 0.2) is 12.2 Å². The summed E-state index contributed by atoms with van der Waals surface area (Å²) >= 11 is 0. The first-order valence-electron chi connectivity index (χ1n) is 8.89. The summed E-state index contributed by atoms with van der Waals surface area (Å²) in [5, 5.41) is 30.4. The summed E-state index contributed by atoms with van der Waals surface area (Å²) in [6.07, 6.45) is 0.120. The van der Waals surface area contributed by atoms with Crippen LogP contribution in [0.4, 0.5) is 0 Å². The third-order valence-corrected chi connectivity index (χ3v) is 11.8. The molecule has 0 radical (unpaired) electrons. The monoisotopic (exact) mass is 344 g/mol. The van der Waals surface area contributed by atoms with Crippen molar-refractivity contribution in [1.82, 2.24) is 0 Å². The van der Waals surface area contributed by atoms with E-state index in [0.717, 1.165) is 0 Å². The van der Waals surface area contributed by atoms with E-state index in [1.165, 1.54) is 0 Å². The Morgan fingerprint density at radius 1 is 1.17 bits per heavy atom. The molecule has 1 saturated carbocycles. The van der Waals surface area contributed by atoms with E-state index in [9.17, 15) is 15.3 Å². The lowest BCUT2D eigenvalue weighted by Gasteiger charge is -2.48. The minimum atomic E-state index is -2.07. The summed E-state index contributed by atoms with van der Waals surface area (Å²) in [6.45, 7) is 17.1. The SMILES string of the molecule is C=C1[C@@H](O)C[C@H](O[Si](C(C)C)(C(C)C)C(C)C)C[C@]1(O)CCO. The first kappa shape index (κ1) is 20.8. The molecule has 0 aromatic rings. The Hall–Kier alpha value is -0.203. The molecular formula is C18H36O4Si. The predicted octanol–water partition coefficient (Wildman–Crippen LogP) is 3.37. The molecule has 1 fully saturated rings. The van der Waals surface area contributed by atoms with E-state index in [1.54, 1.807) is 0 Å². The Balaban J connectivity index is 3.07. The molecule has 1 rings (SSSR count). The molecule has 0 saturated heterocycles. The van der Waals surface area contributed by atoms with Crippen LogP contribution < -0.4 is 0 Å². The summed E-state index contributed by atoms with van der Waals surface area (Å²) in [4.78, 5) is 0. The maximum atomic E-state index is 10.8. The summed E-state index contributed by atoms with van der Waals surface area (Å²) in [5.74, 6) is 0. The van der Waals surface area contributed by atoms with Gasteiger partial charge in [0, 0.05) is 25.9 Å². The van der Waals surface area contributed by atoms with Crippen molar-refractivity contribution in [3.05, 3.63) is 12.2 Å². The second-order valence-corrected chi connectivity index (χ2v) is 13.5. The number of hydrogen-bond acceptors (Lipinski definition) is 4. The summed E-state index contributed by atoms with van der Waals surface area (Å²) in [6, 6.07) is 0. The molecule has 4 nitrogen and oxygen atoms in total. The van der Waals surface area contributed by atoms with E-state index in [2.05, 4.69) is 48.1 Å². The molecule has 3 atom stereocenters. The first-order valence-corrected chi connectivity index (χ1v) is 11.0. The summed E-state index contributed by atoms with van der Waals surface area (Å²) < 4.78 is 6.72. The first-order chi connectivity index (χ1) is 10.5. The third-order valence-electron chi connectivity index (χ3n) is 5.65. The third kappa shape index (κ3) is 4.07. The molecular weight excluding hydrogens is 308 g/mol. The second-order valence-electron chi connectivity index (χ2n) is 8.04. The van der Waals surface area contributed by atoms with Crippen LogP contribution in [-0.4, -0.2) is 48.1 Å². The fourth-order valence-electron chi connectivity index (χ4n) is 4.53. The molecule has 5 heteroatoms. The normalized spacial score (nSPS) is 29.8. The number of aliphatic hydroxyl groups excluding tert-OH is 2. The second kappa shape index (κ2) is 7.79. The van der Waals surface area contributed by atoms with Crippen molar-refractivity contribution < 1.29 is 19.7 Å². The fraction of sp³-hybridized carbons (Fsp3) is 0.889. The van der Waals surface area contributed by atoms with Crippen LogP contribution >= 0.6 is 0 Å². The topological polar surface area (TPSA) is 69.9 Å². The van der Waals surface area contributed by atoms with Gasteiger partial charge < -0.3 is 19.7 Å². The van der Waals surface area contributed by atoms with Crippen LogP contribution in [0.3, 0.4) is 0 Å². The molecule has 0 heterocycles. The van der Waals surface area contributed by atoms with Crippen LogP contribution in [0.25, 0.3) is 0 Å². The lowest BCUT2D eigenvalue weighted by molar-refractivity contribution is -0.0499. The van der Waals surface area contributed by atoms with Crippen molar-refractivity contribution in [3.8, 4) is 0 Å². The van der Waals surface area contributed by atoms with Crippen molar-refractivity contribution in [2.24, 2.45) is 0 Å². The van der Waals surface area contributed by atoms with Gasteiger partial charge in [-0.2, -0.15) is 0 Å². The summed E-state index contributed by atoms with van der Waals surface area (Å²) in [7, 11) is -2.07. The molecule has 1 aliphatic carbocycles. The maximum absolute atomic E-state index is 10.8. The van der Waals surface area contributed by atoms with Gasteiger partial charge in [-0.25, -0.2) is 0 Å². The summed E-state index contributed by atoms with van der Waals surface area (Å²) in [5.41, 5.74) is 0.543. The van der Waals surface area contributed by atoms with Gasteiger partial charge in [0.25, 0.3) is 0 Å². The van der Waals surface area contributed by atoms with Gasteiger partial charge in [-0.15, -0.1) is 0 Å². The smallest absolute Gasteiger partial charge is 0.200 e. The molecule has 136 valence electrons. The standard InChI is InChI=1S/C18H36O4Si/c1-12(2)23(13(3)4,14(5)6)22-16-10-17(20)15(7)18(21,11-16)8-9-19/h12-14,16-17,19-21H,7-11H2,1-6H3/t16-,17-,18+/m0/s1. The quantitative estimate of drug-likeness (QED) is 0.489. The highest BCUT2D eigenvalue weighted by Crippen LogP contribution is 2.46. The molecule has 3 N–H and O–H groups in total. The highest BCUT2D eigenvalue weighted by Gasteiger charge is 2.50. The van der Waals surface area contributed by atoms with E-state index in [1.807, 2.05) is 0 Å². The van der Waals surface area contributed by atoms with Gasteiger partial charge in [-0.1, -0.05) is 48.1 Å². The Morgan fingerprint density at radius 2 is 1.65 bits per heavy atom. The molecule has 1 aliphatic rings. The van der Waals surface area contributed by atoms with Crippen molar-refractivity contribution in [2.45, 2.75) is 95.2 Å². The van der Waals surface area contributed by atoms with Gasteiger partial charge in [0.1, 0.15) is 0 Å². The van der Waals surface area contributed by atoms with Crippen LogP contribution in [0, 0.1) is 0 Å². The predicted molar refractivity (Wildman–Crippen MR) is 97.0 cm³/mol. The Bertz CT molecular complexity index is 386. The largest absolute Gasteiger partial charge is 0.413 e. The van der Waals surface area contributed by atoms with E-state index in [-0.39, 0.29) is 19.1 Å². The van der Waals surface area contributed by atoms with Gasteiger partial charge >= 0.3 is 0 Å². The highest BCUT2D eigenvalue weighted by molar-refractivity contribution is 6.77. The van der Waals surface area contributed by atoms with Crippen LogP contribution in [-0.2, 0) is 4.43 Å². The highest BCUT2D eigenvalue weighted by atomic mass is 28.4. The minimum absolute atomic E-state index is 0.129. The Kier molecular flexibility index (Phi) is 7.05. The van der Waals surface area contributed by atoms with Crippen LogP contribution in [0.1, 0.15) is 60.8 Å². The van der Waals surface area contributed by atoms with Gasteiger partial charge in [0.15, 0.2) is 0 Å². The van der Waals surface area contributed by atoms with Crippen LogP contribution in [0.5, 0.6) is 0 Å². The van der Waals surface area contributed by atoms with Crippen molar-refractivity contribution in [1.29, 1.82) is 0 Å². The molecule has 0 aliphatic heterocycles. The molecule has 0 aromatic heterocycles. The van der Waals surface area contributed by atoms with Crippen molar-refractivity contribution in [2.75, 3.05) is 6.61 Å². The molecule has 0 unspecified atom stereocenters. The molecule has 0 amide bonds. The number of hydrogen-bond donors (Lipinski definition) is 3. The average Bonchev–Trinajstić information content (AvgIpc) is 2.41. The minimum Gasteiger partial charge on any atom is -0.413 e. The average molecular weight is 345 g/mol. The van der Waals surface area contributed by atoms with E-state index < -0.39 is 20.0 Å². The molecule has 0 bridgehead atoms. The lowest BCUT2D eigenvalue weighted by Crippen LogP contribution is -2.54.